The predicted octanol–water partition coefficient (Wildman–Crippen LogP) is 5.55. The highest BCUT2D eigenvalue weighted by atomic mass is 16.5. The first-order valence-corrected chi connectivity index (χ1v) is 9.67. The number of rotatable bonds is 8. The number of nitrogens with zero attached hydrogens (tertiary/aromatic N) is 1. The molecule has 1 aromatic heterocycles. The lowest BCUT2D eigenvalue weighted by molar-refractivity contribution is 0.304. The van der Waals surface area contributed by atoms with E-state index in [1.165, 1.54) is 0 Å². The summed E-state index contributed by atoms with van der Waals surface area (Å²) in [5.41, 5.74) is 2.18. The van der Waals surface area contributed by atoms with Crippen molar-refractivity contribution in [2.75, 3.05) is 6.61 Å². The third-order valence-corrected chi connectivity index (χ3v) is 4.46. The van der Waals surface area contributed by atoms with E-state index in [0.29, 0.717) is 47.5 Å². The molecule has 4 aromatic rings. The third-order valence-electron chi connectivity index (χ3n) is 4.46. The van der Waals surface area contributed by atoms with Gasteiger partial charge in [0.15, 0.2) is 17.2 Å². The molecule has 30 heavy (non-hydrogen) atoms. The van der Waals surface area contributed by atoms with Gasteiger partial charge < -0.3 is 19.3 Å². The first kappa shape index (κ1) is 19.4. The van der Waals surface area contributed by atoms with Crippen molar-refractivity contribution in [3.8, 4) is 40.0 Å². The van der Waals surface area contributed by atoms with Crippen LogP contribution in [0.4, 0.5) is 0 Å². The number of hydrogen-bond donors (Lipinski definition) is 2. The molecule has 0 unspecified atom stereocenters. The normalized spacial score (nSPS) is 10.6. The largest absolute Gasteiger partial charge is 0.507 e. The molecule has 1 heterocycles. The van der Waals surface area contributed by atoms with Crippen LogP contribution in [0.1, 0.15) is 12.5 Å². The molecule has 0 fully saturated rings. The summed E-state index contributed by atoms with van der Waals surface area (Å²) in [7, 11) is 0. The van der Waals surface area contributed by atoms with Gasteiger partial charge in [0.2, 0.25) is 0 Å². The number of nitrogens with one attached hydrogen (secondary N) is 1. The molecular formula is C24H22N2O4. The van der Waals surface area contributed by atoms with E-state index in [4.69, 9.17) is 14.2 Å². The van der Waals surface area contributed by atoms with Crippen molar-refractivity contribution in [1.29, 1.82) is 0 Å². The quantitative estimate of drug-likeness (QED) is 0.404. The van der Waals surface area contributed by atoms with Crippen LogP contribution in [0.25, 0.3) is 11.3 Å². The molecule has 0 saturated heterocycles. The van der Waals surface area contributed by atoms with Gasteiger partial charge in [-0.1, -0.05) is 42.5 Å². The van der Waals surface area contributed by atoms with E-state index >= 15 is 0 Å². The number of aromatic hydroxyl groups is 1. The number of phenolic OH excluding ortho intramolecular Hbond substituents is 1. The molecule has 0 amide bonds. The number of aromatic amines is 1. The van der Waals surface area contributed by atoms with Crippen molar-refractivity contribution >= 4 is 0 Å². The fraction of sp³-hybridized carbons (Fsp3) is 0.125. The minimum Gasteiger partial charge on any atom is -0.507 e. The summed E-state index contributed by atoms with van der Waals surface area (Å²) in [5.74, 6) is 2.33. The van der Waals surface area contributed by atoms with Gasteiger partial charge in [-0.05, 0) is 36.8 Å². The summed E-state index contributed by atoms with van der Waals surface area (Å²) in [4.78, 5) is 0. The maximum atomic E-state index is 10.6. The molecule has 0 saturated carbocycles. The second kappa shape index (κ2) is 9.05. The number of phenols is 1. The highest BCUT2D eigenvalue weighted by molar-refractivity contribution is 5.73. The van der Waals surface area contributed by atoms with Gasteiger partial charge in [0.05, 0.1) is 12.8 Å². The van der Waals surface area contributed by atoms with Crippen molar-refractivity contribution in [2.24, 2.45) is 0 Å². The molecule has 4 rings (SSSR count). The average Bonchev–Trinajstić information content (AvgIpc) is 3.22. The summed E-state index contributed by atoms with van der Waals surface area (Å²) in [5, 5.41) is 17.6. The van der Waals surface area contributed by atoms with Crippen LogP contribution >= 0.6 is 0 Å². The van der Waals surface area contributed by atoms with Crippen molar-refractivity contribution < 1.29 is 19.3 Å². The second-order valence-electron chi connectivity index (χ2n) is 6.54. The van der Waals surface area contributed by atoms with Gasteiger partial charge in [0, 0.05) is 11.6 Å². The maximum absolute atomic E-state index is 10.6. The van der Waals surface area contributed by atoms with Crippen LogP contribution in [0.5, 0.6) is 28.7 Å². The first-order valence-electron chi connectivity index (χ1n) is 9.67. The van der Waals surface area contributed by atoms with Crippen molar-refractivity contribution in [2.45, 2.75) is 13.5 Å². The lowest BCUT2D eigenvalue weighted by Crippen LogP contribution is -1.96. The highest BCUT2D eigenvalue weighted by Crippen LogP contribution is 2.40. The summed E-state index contributed by atoms with van der Waals surface area (Å²) < 4.78 is 17.4. The van der Waals surface area contributed by atoms with Crippen molar-refractivity contribution in [1.82, 2.24) is 10.2 Å². The maximum Gasteiger partial charge on any atom is 0.173 e. The molecule has 0 atom stereocenters. The van der Waals surface area contributed by atoms with Crippen LogP contribution in [0.2, 0.25) is 0 Å². The zero-order valence-electron chi connectivity index (χ0n) is 16.5. The monoisotopic (exact) mass is 402 g/mol. The fourth-order valence-corrected chi connectivity index (χ4v) is 3.03. The van der Waals surface area contributed by atoms with Gasteiger partial charge in [0.1, 0.15) is 23.8 Å². The smallest absolute Gasteiger partial charge is 0.173 e. The predicted molar refractivity (Wildman–Crippen MR) is 114 cm³/mol. The Labute approximate surface area is 174 Å². The SMILES string of the molecule is CCOc1ccccc1Oc1cn[nH]c1-c1ccc(OCc2ccccc2)cc1O. The van der Waals surface area contributed by atoms with Crippen LogP contribution in [0.15, 0.2) is 79.0 Å². The lowest BCUT2D eigenvalue weighted by Gasteiger charge is -2.12. The highest BCUT2D eigenvalue weighted by Gasteiger charge is 2.16. The zero-order valence-corrected chi connectivity index (χ0v) is 16.5. The summed E-state index contributed by atoms with van der Waals surface area (Å²) in [6.07, 6.45) is 1.57. The Balaban J connectivity index is 1.53. The van der Waals surface area contributed by atoms with Gasteiger partial charge in [-0.25, -0.2) is 0 Å². The Kier molecular flexibility index (Phi) is 5.85. The van der Waals surface area contributed by atoms with Crippen molar-refractivity contribution in [3.63, 3.8) is 0 Å². The van der Waals surface area contributed by atoms with E-state index in [1.54, 1.807) is 24.4 Å². The van der Waals surface area contributed by atoms with Crippen LogP contribution in [0.3, 0.4) is 0 Å². The molecule has 0 spiro atoms. The topological polar surface area (TPSA) is 76.6 Å². The van der Waals surface area contributed by atoms with Crippen LogP contribution in [-0.2, 0) is 6.61 Å². The second-order valence-corrected chi connectivity index (χ2v) is 6.54. The number of aromatic nitrogens is 2. The first-order chi connectivity index (χ1) is 14.7. The van der Waals surface area contributed by atoms with E-state index in [2.05, 4.69) is 10.2 Å². The molecule has 6 nitrogen and oxygen atoms in total. The van der Waals surface area contributed by atoms with E-state index in [1.807, 2.05) is 61.5 Å². The molecule has 6 heteroatoms. The number of hydrogen-bond acceptors (Lipinski definition) is 5. The number of H-pyrrole nitrogens is 1. The van der Waals surface area contributed by atoms with Crippen LogP contribution in [0, 0.1) is 0 Å². The van der Waals surface area contributed by atoms with Gasteiger partial charge in [-0.15, -0.1) is 0 Å². The van der Waals surface area contributed by atoms with E-state index in [9.17, 15) is 5.11 Å². The third kappa shape index (κ3) is 4.38. The zero-order chi connectivity index (χ0) is 20.8. The Hall–Kier alpha value is -3.93. The Morgan fingerprint density at radius 2 is 1.63 bits per heavy atom. The van der Waals surface area contributed by atoms with E-state index in [-0.39, 0.29) is 5.75 Å². The Bertz CT molecular complexity index is 1110. The number of ether oxygens (including phenoxy) is 3. The van der Waals surface area contributed by atoms with E-state index in [0.717, 1.165) is 5.56 Å². The van der Waals surface area contributed by atoms with Crippen LogP contribution in [-0.4, -0.2) is 21.9 Å². The molecule has 152 valence electrons. The van der Waals surface area contributed by atoms with Gasteiger partial charge in [-0.2, -0.15) is 5.10 Å². The van der Waals surface area contributed by atoms with E-state index < -0.39 is 0 Å². The molecule has 3 aromatic carbocycles. The van der Waals surface area contributed by atoms with Gasteiger partial charge in [-0.3, -0.25) is 5.10 Å². The van der Waals surface area contributed by atoms with Crippen molar-refractivity contribution in [3.05, 3.63) is 84.6 Å². The average molecular weight is 402 g/mol. The standard InChI is InChI=1S/C24H22N2O4/c1-2-28-21-10-6-7-11-22(21)30-23-15-25-26-24(23)19-13-12-18(14-20(19)27)29-16-17-8-4-3-5-9-17/h3-15,27H,2,16H2,1H3,(H,25,26). The molecule has 2 N–H and O–H groups in total. The summed E-state index contributed by atoms with van der Waals surface area (Å²) in [6.45, 7) is 2.87. The molecule has 0 aliphatic heterocycles. The lowest BCUT2D eigenvalue weighted by atomic mass is 10.1. The molecule has 0 radical (unpaired) electrons. The van der Waals surface area contributed by atoms with Crippen LogP contribution < -0.4 is 14.2 Å². The molecular weight excluding hydrogens is 380 g/mol. The number of benzene rings is 3. The number of para-hydroxylation sites is 2. The van der Waals surface area contributed by atoms with Gasteiger partial charge in [0.25, 0.3) is 0 Å². The Morgan fingerprint density at radius 1 is 0.867 bits per heavy atom. The minimum atomic E-state index is 0.0627. The molecule has 0 aliphatic rings. The molecule has 0 aliphatic carbocycles. The molecule has 0 bridgehead atoms. The fourth-order valence-electron chi connectivity index (χ4n) is 3.03. The summed E-state index contributed by atoms with van der Waals surface area (Å²) >= 11 is 0. The Morgan fingerprint density at radius 3 is 2.40 bits per heavy atom. The minimum absolute atomic E-state index is 0.0627. The van der Waals surface area contributed by atoms with Gasteiger partial charge >= 0.3 is 0 Å². The summed E-state index contributed by atoms with van der Waals surface area (Å²) in [6, 6.07) is 22.4.